The smallest absolute Gasteiger partial charge is 0.237 e. The fourth-order valence-corrected chi connectivity index (χ4v) is 3.15. The first-order chi connectivity index (χ1) is 11.4. The van der Waals surface area contributed by atoms with Crippen LogP contribution in [-0.2, 0) is 16.1 Å². The molecule has 1 unspecified atom stereocenters. The number of benzene rings is 1. The van der Waals surface area contributed by atoms with Crippen LogP contribution < -0.4 is 0 Å². The number of nitrogens with zero attached hydrogens (tertiary/aromatic N) is 2. The van der Waals surface area contributed by atoms with Crippen molar-refractivity contribution in [3.8, 4) is 0 Å². The van der Waals surface area contributed by atoms with Gasteiger partial charge in [-0.15, -0.1) is 0 Å². The van der Waals surface area contributed by atoms with Gasteiger partial charge in [-0.25, -0.2) is 0 Å². The maximum Gasteiger partial charge on any atom is 0.237 e. The lowest BCUT2D eigenvalue weighted by Gasteiger charge is -2.37. The van der Waals surface area contributed by atoms with Gasteiger partial charge in [0.25, 0.3) is 0 Å². The van der Waals surface area contributed by atoms with Crippen LogP contribution in [0.25, 0.3) is 0 Å². The highest BCUT2D eigenvalue weighted by Crippen LogP contribution is 2.18. The Bertz CT molecular complexity index is 504. The van der Waals surface area contributed by atoms with E-state index in [0.29, 0.717) is 13.1 Å². The molecule has 0 N–H and O–H groups in total. The first-order valence-corrected chi connectivity index (χ1v) is 9.01. The summed E-state index contributed by atoms with van der Waals surface area (Å²) in [5, 5.41) is 0. The first-order valence-electron chi connectivity index (χ1n) is 9.01. The van der Waals surface area contributed by atoms with Gasteiger partial charge in [0.05, 0.1) is 12.6 Å². The zero-order chi connectivity index (χ0) is 17.6. The van der Waals surface area contributed by atoms with Crippen molar-refractivity contribution < 1.29 is 9.53 Å². The molecule has 1 aromatic carbocycles. The summed E-state index contributed by atoms with van der Waals surface area (Å²) in [4.78, 5) is 17.0. The molecule has 1 atom stereocenters. The van der Waals surface area contributed by atoms with E-state index in [-0.39, 0.29) is 17.6 Å². The minimum absolute atomic E-state index is 0.171. The maximum atomic E-state index is 12.9. The molecule has 0 radical (unpaired) electrons. The highest BCUT2D eigenvalue weighted by molar-refractivity contribution is 5.79. The van der Waals surface area contributed by atoms with Gasteiger partial charge in [0, 0.05) is 25.2 Å². The second-order valence-electron chi connectivity index (χ2n) is 7.82. The van der Waals surface area contributed by atoms with E-state index in [1.807, 2.05) is 30.1 Å². The largest absolute Gasteiger partial charge is 0.377 e. The molecule has 1 saturated heterocycles. The molecule has 24 heavy (non-hydrogen) atoms. The highest BCUT2D eigenvalue weighted by atomic mass is 16.5. The normalized spacial score (nSPS) is 18.6. The fourth-order valence-electron chi connectivity index (χ4n) is 3.15. The Labute approximate surface area is 146 Å². The molecule has 134 valence electrons. The molecule has 1 amide bonds. The van der Waals surface area contributed by atoms with Gasteiger partial charge >= 0.3 is 0 Å². The Morgan fingerprint density at radius 2 is 1.92 bits per heavy atom. The summed E-state index contributed by atoms with van der Waals surface area (Å²) in [6.45, 7) is 9.05. The van der Waals surface area contributed by atoms with E-state index < -0.39 is 0 Å². The van der Waals surface area contributed by atoms with Crippen LogP contribution in [0.2, 0.25) is 0 Å². The van der Waals surface area contributed by atoms with E-state index in [1.165, 1.54) is 12.0 Å². The minimum atomic E-state index is -0.199. The predicted molar refractivity (Wildman–Crippen MR) is 97.8 cm³/mol. The number of likely N-dealkylation sites (N-methyl/N-ethyl adjacent to an activating group) is 1. The van der Waals surface area contributed by atoms with Gasteiger partial charge in [0.2, 0.25) is 5.91 Å². The van der Waals surface area contributed by atoms with Crippen molar-refractivity contribution in [2.75, 3.05) is 26.7 Å². The summed E-state index contributed by atoms with van der Waals surface area (Å²) in [6, 6.07) is 10.2. The number of hydrogen-bond acceptors (Lipinski definition) is 3. The summed E-state index contributed by atoms with van der Waals surface area (Å²) < 4.78 is 5.79. The monoisotopic (exact) mass is 332 g/mol. The zero-order valence-corrected chi connectivity index (χ0v) is 15.6. The van der Waals surface area contributed by atoms with Crippen molar-refractivity contribution in [3.63, 3.8) is 0 Å². The van der Waals surface area contributed by atoms with E-state index in [4.69, 9.17) is 4.74 Å². The van der Waals surface area contributed by atoms with E-state index in [1.54, 1.807) is 0 Å². The van der Waals surface area contributed by atoms with Crippen molar-refractivity contribution in [1.82, 2.24) is 9.80 Å². The SMILES string of the molecule is CN(CC(=O)N(Cc1ccccc1)C(C)(C)C)CC1CCCCO1. The van der Waals surface area contributed by atoms with Crippen LogP contribution in [0.3, 0.4) is 0 Å². The predicted octanol–water partition coefficient (Wildman–Crippen LogP) is 3.31. The van der Waals surface area contributed by atoms with Crippen molar-refractivity contribution in [3.05, 3.63) is 35.9 Å². The Kier molecular flexibility index (Phi) is 6.81. The molecule has 1 fully saturated rings. The summed E-state index contributed by atoms with van der Waals surface area (Å²) in [7, 11) is 2.01. The second-order valence-corrected chi connectivity index (χ2v) is 7.82. The summed E-state index contributed by atoms with van der Waals surface area (Å²) in [5.74, 6) is 0.171. The molecule has 4 nitrogen and oxygen atoms in total. The average Bonchev–Trinajstić information content (AvgIpc) is 2.53. The lowest BCUT2D eigenvalue weighted by molar-refractivity contribution is -0.138. The standard InChI is InChI=1S/C20H32N2O2/c1-20(2,3)22(14-17-10-6-5-7-11-17)19(23)16-21(4)15-18-12-8-9-13-24-18/h5-7,10-11,18H,8-9,12-16H2,1-4H3. The number of carbonyl (C=O) groups is 1. The van der Waals surface area contributed by atoms with Crippen LogP contribution in [0, 0.1) is 0 Å². The van der Waals surface area contributed by atoms with Gasteiger partial charge < -0.3 is 9.64 Å². The number of carbonyl (C=O) groups excluding carboxylic acids is 1. The van der Waals surface area contributed by atoms with Crippen LogP contribution in [0.1, 0.15) is 45.6 Å². The van der Waals surface area contributed by atoms with Crippen molar-refractivity contribution >= 4 is 5.91 Å². The Morgan fingerprint density at radius 1 is 1.21 bits per heavy atom. The van der Waals surface area contributed by atoms with Crippen molar-refractivity contribution in [1.29, 1.82) is 0 Å². The molecule has 0 saturated carbocycles. The van der Waals surface area contributed by atoms with Crippen LogP contribution >= 0.6 is 0 Å². The molecule has 0 aliphatic carbocycles. The van der Waals surface area contributed by atoms with E-state index in [2.05, 4.69) is 37.8 Å². The number of ether oxygens (including phenoxy) is 1. The van der Waals surface area contributed by atoms with Crippen molar-refractivity contribution in [2.45, 2.75) is 58.2 Å². The maximum absolute atomic E-state index is 12.9. The van der Waals surface area contributed by atoms with Gasteiger partial charge in [0.15, 0.2) is 0 Å². The highest BCUT2D eigenvalue weighted by Gasteiger charge is 2.27. The molecule has 0 bridgehead atoms. The molecule has 1 aliphatic rings. The van der Waals surface area contributed by atoms with Gasteiger partial charge in [0.1, 0.15) is 0 Å². The number of amides is 1. The molecule has 2 rings (SSSR count). The summed E-state index contributed by atoms with van der Waals surface area (Å²) in [6.07, 6.45) is 3.77. The molecular formula is C20H32N2O2. The third-order valence-electron chi connectivity index (χ3n) is 4.49. The van der Waals surface area contributed by atoms with Gasteiger partial charge in [-0.3, -0.25) is 9.69 Å². The van der Waals surface area contributed by atoms with Gasteiger partial charge in [-0.05, 0) is 52.6 Å². The van der Waals surface area contributed by atoms with Gasteiger partial charge in [-0.2, -0.15) is 0 Å². The topological polar surface area (TPSA) is 32.8 Å². The van der Waals surface area contributed by atoms with Crippen LogP contribution in [0.15, 0.2) is 30.3 Å². The van der Waals surface area contributed by atoms with E-state index >= 15 is 0 Å². The summed E-state index contributed by atoms with van der Waals surface area (Å²) >= 11 is 0. The first kappa shape index (κ1) is 18.9. The van der Waals surface area contributed by atoms with Crippen LogP contribution in [0.4, 0.5) is 0 Å². The number of hydrogen-bond donors (Lipinski definition) is 0. The third kappa shape index (κ3) is 5.91. The minimum Gasteiger partial charge on any atom is -0.377 e. The molecular weight excluding hydrogens is 300 g/mol. The molecule has 0 spiro atoms. The zero-order valence-electron chi connectivity index (χ0n) is 15.6. The Hall–Kier alpha value is -1.39. The molecule has 1 aliphatic heterocycles. The lowest BCUT2D eigenvalue weighted by Crippen LogP contribution is -2.49. The van der Waals surface area contributed by atoms with E-state index in [0.717, 1.165) is 26.0 Å². The summed E-state index contributed by atoms with van der Waals surface area (Å²) in [5.41, 5.74) is 0.966. The van der Waals surface area contributed by atoms with Crippen LogP contribution in [-0.4, -0.2) is 54.1 Å². The fraction of sp³-hybridized carbons (Fsp3) is 0.650. The molecule has 4 heteroatoms. The van der Waals surface area contributed by atoms with Crippen LogP contribution in [0.5, 0.6) is 0 Å². The van der Waals surface area contributed by atoms with Crippen molar-refractivity contribution in [2.24, 2.45) is 0 Å². The average molecular weight is 332 g/mol. The Morgan fingerprint density at radius 3 is 2.50 bits per heavy atom. The third-order valence-corrected chi connectivity index (χ3v) is 4.49. The van der Waals surface area contributed by atoms with Gasteiger partial charge in [-0.1, -0.05) is 30.3 Å². The molecule has 1 aromatic rings. The molecule has 0 aromatic heterocycles. The van der Waals surface area contributed by atoms with E-state index in [9.17, 15) is 4.79 Å². The lowest BCUT2D eigenvalue weighted by atomic mass is 10.0. The quantitative estimate of drug-likeness (QED) is 0.801. The number of rotatable bonds is 6. The Balaban J connectivity index is 1.94. The molecule has 1 heterocycles. The second kappa shape index (κ2) is 8.63.